The molecule has 0 unspecified atom stereocenters. The summed E-state index contributed by atoms with van der Waals surface area (Å²) in [4.78, 5) is 3.90. The normalized spacial score (nSPS) is 20.2. The number of sulfonamides is 1. The smallest absolute Gasteiger partial charge is 0.245 e. The van der Waals surface area contributed by atoms with Crippen molar-refractivity contribution in [3.63, 3.8) is 0 Å². The number of nitrogens with two attached hydrogens (primary N) is 1. The number of nitrogen functional groups attached to an aromatic ring is 1. The molecule has 1 aliphatic heterocycles. The number of halogens is 1. The summed E-state index contributed by atoms with van der Waals surface area (Å²) in [7, 11) is -3.55. The minimum absolute atomic E-state index is 0.0941. The van der Waals surface area contributed by atoms with Gasteiger partial charge in [-0.25, -0.2) is 13.4 Å². The Morgan fingerprint density at radius 1 is 1.50 bits per heavy atom. The quantitative estimate of drug-likeness (QED) is 0.902. The number of hydrogen-bond acceptors (Lipinski definition) is 4. The van der Waals surface area contributed by atoms with Crippen molar-refractivity contribution < 1.29 is 8.42 Å². The van der Waals surface area contributed by atoms with E-state index in [9.17, 15) is 8.42 Å². The van der Waals surface area contributed by atoms with Crippen LogP contribution in [0.5, 0.6) is 0 Å². The van der Waals surface area contributed by atoms with Crippen LogP contribution in [0.1, 0.15) is 26.7 Å². The standard InChI is InChI=1S/C11H16ClN3O2S/c1-11(2)4-3-5-15(11)18(16,17)8-6-9(12)10(13)14-7-8/h6-7H,3-5H2,1-2H3,(H2,13,14). The second kappa shape index (κ2) is 4.36. The molecule has 7 heteroatoms. The second-order valence-corrected chi connectivity index (χ2v) is 7.30. The molecule has 0 bridgehead atoms. The molecule has 1 fully saturated rings. The molecule has 0 spiro atoms. The summed E-state index contributed by atoms with van der Waals surface area (Å²) in [5.74, 6) is 0.135. The van der Waals surface area contributed by atoms with Crippen molar-refractivity contribution in [3.05, 3.63) is 17.3 Å². The predicted octanol–water partition coefficient (Wildman–Crippen LogP) is 1.88. The van der Waals surface area contributed by atoms with Crippen molar-refractivity contribution in [3.8, 4) is 0 Å². The van der Waals surface area contributed by atoms with E-state index in [0.717, 1.165) is 12.8 Å². The van der Waals surface area contributed by atoms with Crippen molar-refractivity contribution in [1.82, 2.24) is 9.29 Å². The summed E-state index contributed by atoms with van der Waals surface area (Å²) in [6, 6.07) is 1.35. The Hall–Kier alpha value is -0.850. The molecular weight excluding hydrogens is 274 g/mol. The van der Waals surface area contributed by atoms with Crippen LogP contribution in [0.3, 0.4) is 0 Å². The molecule has 0 saturated carbocycles. The van der Waals surface area contributed by atoms with Gasteiger partial charge in [-0.2, -0.15) is 4.31 Å². The van der Waals surface area contributed by atoms with E-state index in [1.165, 1.54) is 16.6 Å². The lowest BCUT2D eigenvalue weighted by Gasteiger charge is -2.30. The van der Waals surface area contributed by atoms with Crippen LogP contribution in [-0.2, 0) is 10.0 Å². The van der Waals surface area contributed by atoms with Crippen LogP contribution in [0.2, 0.25) is 5.02 Å². The summed E-state index contributed by atoms with van der Waals surface area (Å²) < 4.78 is 26.5. The fourth-order valence-corrected chi connectivity index (χ4v) is 4.28. The Bertz CT molecular complexity index is 572. The van der Waals surface area contributed by atoms with Gasteiger partial charge in [0.05, 0.1) is 5.02 Å². The molecule has 1 saturated heterocycles. The highest BCUT2D eigenvalue weighted by Crippen LogP contribution is 2.34. The lowest BCUT2D eigenvalue weighted by Crippen LogP contribution is -2.42. The van der Waals surface area contributed by atoms with Crippen molar-refractivity contribution in [2.75, 3.05) is 12.3 Å². The fourth-order valence-electron chi connectivity index (χ4n) is 2.23. The van der Waals surface area contributed by atoms with Crippen LogP contribution in [0.4, 0.5) is 5.82 Å². The highest BCUT2D eigenvalue weighted by atomic mass is 35.5. The molecule has 0 atom stereocenters. The molecule has 0 radical (unpaired) electrons. The Kier molecular flexibility index (Phi) is 3.29. The average molecular weight is 290 g/mol. The van der Waals surface area contributed by atoms with Crippen LogP contribution in [0, 0.1) is 0 Å². The van der Waals surface area contributed by atoms with E-state index in [0.29, 0.717) is 6.54 Å². The van der Waals surface area contributed by atoms with Crippen molar-refractivity contribution in [2.45, 2.75) is 37.1 Å². The predicted molar refractivity (Wildman–Crippen MR) is 70.9 cm³/mol. The van der Waals surface area contributed by atoms with E-state index in [1.807, 2.05) is 13.8 Å². The molecule has 2 N–H and O–H groups in total. The second-order valence-electron chi connectivity index (χ2n) is 5.03. The fraction of sp³-hybridized carbons (Fsp3) is 0.545. The third-order valence-corrected chi connectivity index (χ3v) is 5.64. The van der Waals surface area contributed by atoms with Gasteiger partial charge in [-0.05, 0) is 32.8 Å². The molecule has 0 aromatic carbocycles. The van der Waals surface area contributed by atoms with Gasteiger partial charge in [0.1, 0.15) is 10.7 Å². The van der Waals surface area contributed by atoms with E-state index >= 15 is 0 Å². The first-order valence-electron chi connectivity index (χ1n) is 5.69. The van der Waals surface area contributed by atoms with Gasteiger partial charge >= 0.3 is 0 Å². The molecule has 2 heterocycles. The van der Waals surface area contributed by atoms with E-state index in [4.69, 9.17) is 17.3 Å². The molecule has 5 nitrogen and oxygen atoms in total. The first-order valence-corrected chi connectivity index (χ1v) is 7.51. The first-order chi connectivity index (χ1) is 8.25. The molecule has 1 aromatic heterocycles. The minimum Gasteiger partial charge on any atom is -0.382 e. The Morgan fingerprint density at radius 3 is 2.67 bits per heavy atom. The van der Waals surface area contributed by atoms with E-state index in [-0.39, 0.29) is 21.3 Å². The number of pyridine rings is 1. The highest BCUT2D eigenvalue weighted by molar-refractivity contribution is 7.89. The lowest BCUT2D eigenvalue weighted by molar-refractivity contribution is 0.291. The summed E-state index contributed by atoms with van der Waals surface area (Å²) in [5, 5.41) is 0.160. The van der Waals surface area contributed by atoms with Crippen molar-refractivity contribution in [2.24, 2.45) is 0 Å². The maximum Gasteiger partial charge on any atom is 0.245 e. The Morgan fingerprint density at radius 2 is 2.17 bits per heavy atom. The molecule has 100 valence electrons. The minimum atomic E-state index is -3.55. The zero-order valence-electron chi connectivity index (χ0n) is 10.4. The molecular formula is C11H16ClN3O2S. The molecule has 2 rings (SSSR count). The molecule has 1 aromatic rings. The van der Waals surface area contributed by atoms with Crippen molar-refractivity contribution in [1.29, 1.82) is 0 Å². The van der Waals surface area contributed by atoms with Crippen LogP contribution >= 0.6 is 11.6 Å². The maximum atomic E-state index is 12.5. The summed E-state index contributed by atoms with van der Waals surface area (Å²) in [5.41, 5.74) is 5.12. The zero-order valence-corrected chi connectivity index (χ0v) is 11.9. The van der Waals surface area contributed by atoms with Gasteiger partial charge in [-0.15, -0.1) is 0 Å². The third kappa shape index (κ3) is 2.20. The summed E-state index contributed by atoms with van der Waals surface area (Å²) >= 11 is 5.83. The largest absolute Gasteiger partial charge is 0.382 e. The van der Waals surface area contributed by atoms with Crippen LogP contribution in [0.25, 0.3) is 0 Å². The van der Waals surface area contributed by atoms with E-state index in [1.54, 1.807) is 0 Å². The van der Waals surface area contributed by atoms with Crippen molar-refractivity contribution >= 4 is 27.4 Å². The number of hydrogen-bond donors (Lipinski definition) is 1. The highest BCUT2D eigenvalue weighted by Gasteiger charge is 2.41. The van der Waals surface area contributed by atoms with Gasteiger partial charge in [0.15, 0.2) is 0 Å². The summed E-state index contributed by atoms with van der Waals surface area (Å²) in [6.45, 7) is 4.37. The van der Waals surface area contributed by atoms with Gasteiger partial charge in [0.25, 0.3) is 0 Å². The van der Waals surface area contributed by atoms with Gasteiger partial charge in [0, 0.05) is 18.3 Å². The van der Waals surface area contributed by atoms with Gasteiger partial charge in [-0.1, -0.05) is 11.6 Å². The van der Waals surface area contributed by atoms with Gasteiger partial charge < -0.3 is 5.73 Å². The molecule has 0 aliphatic carbocycles. The van der Waals surface area contributed by atoms with Crippen LogP contribution < -0.4 is 5.73 Å². The zero-order chi connectivity index (χ0) is 13.6. The van der Waals surface area contributed by atoms with E-state index in [2.05, 4.69) is 4.98 Å². The maximum absolute atomic E-state index is 12.5. The molecule has 1 aliphatic rings. The average Bonchev–Trinajstić information content (AvgIpc) is 2.62. The summed E-state index contributed by atoms with van der Waals surface area (Å²) in [6.07, 6.45) is 2.97. The Labute approximate surface area is 112 Å². The van der Waals surface area contributed by atoms with Gasteiger partial charge in [-0.3, -0.25) is 0 Å². The molecule has 18 heavy (non-hydrogen) atoms. The van der Waals surface area contributed by atoms with Gasteiger partial charge in [0.2, 0.25) is 10.0 Å². The number of rotatable bonds is 2. The third-order valence-electron chi connectivity index (χ3n) is 3.26. The monoisotopic (exact) mass is 289 g/mol. The van der Waals surface area contributed by atoms with Crippen LogP contribution in [0.15, 0.2) is 17.2 Å². The number of nitrogens with zero attached hydrogens (tertiary/aromatic N) is 2. The molecule has 0 amide bonds. The first kappa shape index (κ1) is 13.6. The number of aromatic nitrogens is 1. The Balaban J connectivity index is 2.45. The van der Waals surface area contributed by atoms with E-state index < -0.39 is 10.0 Å². The SMILES string of the molecule is CC1(C)CCCN1S(=O)(=O)c1cnc(N)c(Cl)c1. The lowest BCUT2D eigenvalue weighted by atomic mass is 10.0. The van der Waals surface area contributed by atoms with Crippen LogP contribution in [-0.4, -0.2) is 29.8 Å². The topological polar surface area (TPSA) is 76.3 Å². The number of anilines is 1.